The zero-order valence-corrected chi connectivity index (χ0v) is 13.1. The van der Waals surface area contributed by atoms with E-state index in [1.165, 1.54) is 25.7 Å². The van der Waals surface area contributed by atoms with Crippen LogP contribution in [0.3, 0.4) is 0 Å². The highest BCUT2D eigenvalue weighted by atomic mass is 35.5. The van der Waals surface area contributed by atoms with Crippen molar-refractivity contribution in [3.05, 3.63) is 22.7 Å². The summed E-state index contributed by atoms with van der Waals surface area (Å²) in [5.41, 5.74) is 6.91. The smallest absolute Gasteiger partial charge is 0.179 e. The highest BCUT2D eigenvalue weighted by molar-refractivity contribution is 6.32. The van der Waals surface area contributed by atoms with Crippen LogP contribution in [0, 0.1) is 5.92 Å². The highest BCUT2D eigenvalue weighted by Crippen LogP contribution is 2.37. The molecule has 0 saturated heterocycles. The van der Waals surface area contributed by atoms with Crippen molar-refractivity contribution in [3.63, 3.8) is 0 Å². The molecule has 1 atom stereocenters. The Kier molecular flexibility index (Phi) is 5.55. The summed E-state index contributed by atoms with van der Waals surface area (Å²) in [5.74, 6) is 2.01. The number of ether oxygens (including phenoxy) is 2. The Morgan fingerprint density at radius 2 is 2.05 bits per heavy atom. The topological polar surface area (TPSA) is 44.5 Å². The van der Waals surface area contributed by atoms with Gasteiger partial charge in [-0.25, -0.2) is 0 Å². The summed E-state index contributed by atoms with van der Waals surface area (Å²) < 4.78 is 11.3. The molecule has 0 heterocycles. The van der Waals surface area contributed by atoms with Gasteiger partial charge in [-0.3, -0.25) is 0 Å². The second-order valence-electron chi connectivity index (χ2n) is 5.75. The van der Waals surface area contributed by atoms with E-state index in [-0.39, 0.29) is 6.04 Å². The van der Waals surface area contributed by atoms with Gasteiger partial charge in [0.1, 0.15) is 0 Å². The van der Waals surface area contributed by atoms with Crippen molar-refractivity contribution < 1.29 is 9.47 Å². The van der Waals surface area contributed by atoms with Gasteiger partial charge in [-0.15, -0.1) is 0 Å². The Balaban J connectivity index is 2.10. The van der Waals surface area contributed by atoms with Crippen LogP contribution in [0.15, 0.2) is 12.1 Å². The van der Waals surface area contributed by atoms with Gasteiger partial charge >= 0.3 is 0 Å². The molecule has 2 N–H and O–H groups in total. The summed E-state index contributed by atoms with van der Waals surface area (Å²) in [6.07, 6.45) is 5.91. The molecule has 1 aromatic rings. The molecule has 1 saturated carbocycles. The molecule has 112 valence electrons. The van der Waals surface area contributed by atoms with E-state index < -0.39 is 0 Å². The average molecular weight is 298 g/mol. The number of halogens is 1. The first-order valence-electron chi connectivity index (χ1n) is 7.35. The summed E-state index contributed by atoms with van der Waals surface area (Å²) in [5, 5.41) is 0.609. The van der Waals surface area contributed by atoms with Crippen LogP contribution in [-0.2, 0) is 6.42 Å². The summed E-state index contributed by atoms with van der Waals surface area (Å²) in [4.78, 5) is 0. The predicted octanol–water partition coefficient (Wildman–Crippen LogP) is 3.81. The van der Waals surface area contributed by atoms with Gasteiger partial charge in [0.2, 0.25) is 0 Å². The van der Waals surface area contributed by atoms with Crippen molar-refractivity contribution in [2.45, 2.75) is 45.1 Å². The molecule has 0 radical (unpaired) electrons. The van der Waals surface area contributed by atoms with E-state index in [9.17, 15) is 0 Å². The van der Waals surface area contributed by atoms with Crippen LogP contribution < -0.4 is 15.2 Å². The molecule has 0 spiro atoms. The third-order valence-corrected chi connectivity index (χ3v) is 4.07. The molecule has 1 aliphatic carbocycles. The molecule has 0 bridgehead atoms. The highest BCUT2D eigenvalue weighted by Gasteiger charge is 2.18. The maximum atomic E-state index is 6.34. The Hall–Kier alpha value is -0.930. The second-order valence-corrected chi connectivity index (χ2v) is 6.16. The molecule has 0 aromatic heterocycles. The molecule has 1 aliphatic rings. The van der Waals surface area contributed by atoms with Gasteiger partial charge in [0.15, 0.2) is 11.5 Å². The number of hydrogen-bond acceptors (Lipinski definition) is 3. The molecule has 1 unspecified atom stereocenters. The first-order valence-corrected chi connectivity index (χ1v) is 7.72. The van der Waals surface area contributed by atoms with E-state index in [1.807, 2.05) is 19.1 Å². The van der Waals surface area contributed by atoms with Gasteiger partial charge in [-0.1, -0.05) is 24.4 Å². The fourth-order valence-corrected chi connectivity index (χ4v) is 3.07. The van der Waals surface area contributed by atoms with Crippen LogP contribution >= 0.6 is 11.6 Å². The van der Waals surface area contributed by atoms with Crippen molar-refractivity contribution in [1.29, 1.82) is 0 Å². The molecule has 1 aromatic carbocycles. The van der Waals surface area contributed by atoms with Crippen LogP contribution in [0.2, 0.25) is 5.02 Å². The molecule has 20 heavy (non-hydrogen) atoms. The number of nitrogens with two attached hydrogens (primary N) is 1. The van der Waals surface area contributed by atoms with Crippen molar-refractivity contribution in [2.24, 2.45) is 11.7 Å². The second kappa shape index (κ2) is 7.19. The molecule has 2 rings (SSSR count). The lowest BCUT2D eigenvalue weighted by atomic mass is 10.1. The largest absolute Gasteiger partial charge is 0.493 e. The SMILES string of the molecule is COc1cc(CC(C)N)cc(Cl)c1OCC1CCCC1. The molecule has 3 nitrogen and oxygen atoms in total. The quantitative estimate of drug-likeness (QED) is 0.868. The van der Waals surface area contributed by atoms with E-state index in [4.69, 9.17) is 26.8 Å². The van der Waals surface area contributed by atoms with Gasteiger partial charge in [-0.05, 0) is 49.8 Å². The first kappa shape index (κ1) is 15.5. The zero-order chi connectivity index (χ0) is 14.5. The lowest BCUT2D eigenvalue weighted by Crippen LogP contribution is -2.17. The minimum absolute atomic E-state index is 0.0982. The van der Waals surface area contributed by atoms with Crippen molar-refractivity contribution in [2.75, 3.05) is 13.7 Å². The van der Waals surface area contributed by atoms with E-state index in [1.54, 1.807) is 7.11 Å². The van der Waals surface area contributed by atoms with E-state index in [2.05, 4.69) is 0 Å². The van der Waals surface area contributed by atoms with Gasteiger partial charge in [0, 0.05) is 6.04 Å². The van der Waals surface area contributed by atoms with Crippen LogP contribution in [0.25, 0.3) is 0 Å². The Morgan fingerprint density at radius 1 is 1.35 bits per heavy atom. The van der Waals surface area contributed by atoms with Crippen LogP contribution in [0.5, 0.6) is 11.5 Å². The normalized spacial score (nSPS) is 17.2. The van der Waals surface area contributed by atoms with Gasteiger partial charge < -0.3 is 15.2 Å². The molecule has 0 amide bonds. The number of benzene rings is 1. The molecular formula is C16H24ClNO2. The van der Waals surface area contributed by atoms with Crippen LogP contribution in [-0.4, -0.2) is 19.8 Å². The number of rotatable bonds is 6. The molecule has 1 fully saturated rings. The minimum Gasteiger partial charge on any atom is -0.493 e. The third-order valence-electron chi connectivity index (χ3n) is 3.79. The summed E-state index contributed by atoms with van der Waals surface area (Å²) >= 11 is 6.34. The fourth-order valence-electron chi connectivity index (χ4n) is 2.78. The Labute approximate surface area is 126 Å². The third kappa shape index (κ3) is 4.03. The first-order chi connectivity index (χ1) is 9.60. The Bertz CT molecular complexity index is 442. The van der Waals surface area contributed by atoms with Gasteiger partial charge in [0.05, 0.1) is 18.7 Å². The number of methoxy groups -OCH3 is 1. The number of hydrogen-bond donors (Lipinski definition) is 1. The average Bonchev–Trinajstić information content (AvgIpc) is 2.89. The monoisotopic (exact) mass is 297 g/mol. The lowest BCUT2D eigenvalue weighted by molar-refractivity contribution is 0.241. The summed E-state index contributed by atoms with van der Waals surface area (Å²) in [6, 6.07) is 4.00. The van der Waals surface area contributed by atoms with Crippen molar-refractivity contribution >= 4 is 11.6 Å². The van der Waals surface area contributed by atoms with E-state index in [0.717, 1.165) is 18.6 Å². The van der Waals surface area contributed by atoms with E-state index >= 15 is 0 Å². The predicted molar refractivity (Wildman–Crippen MR) is 82.8 cm³/mol. The Morgan fingerprint density at radius 3 is 2.65 bits per heavy atom. The van der Waals surface area contributed by atoms with Crippen LogP contribution in [0.4, 0.5) is 0 Å². The lowest BCUT2D eigenvalue weighted by Gasteiger charge is -2.17. The van der Waals surface area contributed by atoms with Crippen molar-refractivity contribution in [3.8, 4) is 11.5 Å². The fraction of sp³-hybridized carbons (Fsp3) is 0.625. The van der Waals surface area contributed by atoms with Crippen LogP contribution in [0.1, 0.15) is 38.2 Å². The molecule has 4 heteroatoms. The molecular weight excluding hydrogens is 274 g/mol. The van der Waals surface area contributed by atoms with Crippen molar-refractivity contribution in [1.82, 2.24) is 0 Å². The zero-order valence-electron chi connectivity index (χ0n) is 12.3. The maximum Gasteiger partial charge on any atom is 0.179 e. The summed E-state index contributed by atoms with van der Waals surface area (Å²) in [6.45, 7) is 2.70. The van der Waals surface area contributed by atoms with Gasteiger partial charge in [0.25, 0.3) is 0 Å². The molecule has 0 aliphatic heterocycles. The standard InChI is InChI=1S/C16H24ClNO2/c1-11(18)7-13-8-14(17)16(15(9-13)19-2)20-10-12-5-3-4-6-12/h8-9,11-12H,3-7,10,18H2,1-2H3. The maximum absolute atomic E-state index is 6.34. The minimum atomic E-state index is 0.0982. The van der Waals surface area contributed by atoms with E-state index in [0.29, 0.717) is 22.4 Å². The summed E-state index contributed by atoms with van der Waals surface area (Å²) in [7, 11) is 1.64. The van der Waals surface area contributed by atoms with Gasteiger partial charge in [-0.2, -0.15) is 0 Å².